The van der Waals surface area contributed by atoms with E-state index in [0.29, 0.717) is 0 Å². The molecule has 172 valence electrons. The molecule has 1 saturated carbocycles. The fourth-order valence-corrected chi connectivity index (χ4v) is 10.6. The number of rotatable bonds is 4. The van der Waals surface area contributed by atoms with E-state index >= 15 is 0 Å². The maximum Gasteiger partial charge on any atom is 0.261 e. The fourth-order valence-electron chi connectivity index (χ4n) is 5.85. The van der Waals surface area contributed by atoms with Crippen LogP contribution in [-0.4, -0.2) is 45.1 Å². The van der Waals surface area contributed by atoms with E-state index in [1.165, 1.54) is 10.4 Å². The van der Waals surface area contributed by atoms with Gasteiger partial charge in [0.05, 0.1) is 18.3 Å². The minimum absolute atomic E-state index is 0.0398. The van der Waals surface area contributed by atoms with Crippen LogP contribution in [-0.2, 0) is 18.7 Å². The van der Waals surface area contributed by atoms with Crippen LogP contribution in [0.3, 0.4) is 0 Å². The Kier molecular flexibility index (Phi) is 5.60. The van der Waals surface area contributed by atoms with Gasteiger partial charge in [0.1, 0.15) is 6.10 Å². The molecule has 3 fully saturated rings. The lowest BCUT2D eigenvalue weighted by molar-refractivity contribution is -0.153. The second kappa shape index (κ2) is 8.04. The molecule has 6 heteroatoms. The summed E-state index contributed by atoms with van der Waals surface area (Å²) >= 11 is 0. The summed E-state index contributed by atoms with van der Waals surface area (Å²) in [6.07, 6.45) is 0.590. The largest absolute Gasteiger partial charge is 0.402 e. The Balaban J connectivity index is 1.61. The van der Waals surface area contributed by atoms with Gasteiger partial charge < -0.3 is 13.9 Å². The summed E-state index contributed by atoms with van der Waals surface area (Å²) in [4.78, 5) is 5.92. The first kappa shape index (κ1) is 22.3. The van der Waals surface area contributed by atoms with Gasteiger partial charge in [-0.2, -0.15) is 0 Å². The maximum atomic E-state index is 7.46. The number of hydrogen-bond donors (Lipinski definition) is 1. The van der Waals surface area contributed by atoms with Gasteiger partial charge in [-0.15, -0.1) is 0 Å². The highest BCUT2D eigenvalue weighted by molar-refractivity contribution is 6.99. The average Bonchev–Trinajstić information content (AvgIpc) is 3.35. The second-order valence-corrected chi connectivity index (χ2v) is 15.0. The van der Waals surface area contributed by atoms with E-state index in [9.17, 15) is 0 Å². The van der Waals surface area contributed by atoms with E-state index < -0.39 is 14.1 Å². The predicted molar refractivity (Wildman–Crippen MR) is 127 cm³/mol. The Morgan fingerprint density at radius 1 is 0.906 bits per heavy atom. The van der Waals surface area contributed by atoms with Crippen LogP contribution in [0.5, 0.6) is 0 Å². The van der Waals surface area contributed by atoms with Gasteiger partial charge in [0.25, 0.3) is 8.32 Å². The molecule has 2 aromatic carbocycles. The molecule has 5 atom stereocenters. The lowest BCUT2D eigenvalue weighted by atomic mass is 9.81. The minimum atomic E-state index is -2.70. The Morgan fingerprint density at radius 2 is 1.47 bits per heavy atom. The maximum absolute atomic E-state index is 7.46. The van der Waals surface area contributed by atoms with E-state index in [-0.39, 0.29) is 35.4 Å². The lowest BCUT2D eigenvalue weighted by Crippen LogP contribution is -2.69. The highest BCUT2D eigenvalue weighted by Gasteiger charge is 2.60. The van der Waals surface area contributed by atoms with Gasteiger partial charge in [-0.1, -0.05) is 81.4 Å². The molecule has 0 bridgehead atoms. The highest BCUT2D eigenvalue weighted by atomic mass is 28.4. The number of ether oxygens (including phenoxy) is 2. The standard InChI is InChI=1S/C26H35NO4Si/c1-25(2,3)32(18-12-8-6-9-13-18,19-14-10-7-11-15-19)31-22-16-21-20(17-27-30-21)23-24(22)29-26(4,5)28-23/h6-15,20-24,27H,16-17H2,1-5H3. The number of fused-ring (bicyclic) bond motifs is 3. The van der Waals surface area contributed by atoms with Crippen LogP contribution in [0.15, 0.2) is 60.7 Å². The molecule has 0 radical (unpaired) electrons. The van der Waals surface area contributed by atoms with Crippen LogP contribution in [0.25, 0.3) is 0 Å². The van der Waals surface area contributed by atoms with Gasteiger partial charge in [0.2, 0.25) is 0 Å². The molecule has 0 spiro atoms. The van der Waals surface area contributed by atoms with E-state index in [4.69, 9.17) is 18.7 Å². The molecule has 5 nitrogen and oxygen atoms in total. The summed E-state index contributed by atoms with van der Waals surface area (Å²) in [5, 5.41) is 2.47. The predicted octanol–water partition coefficient (Wildman–Crippen LogP) is 3.38. The van der Waals surface area contributed by atoms with Gasteiger partial charge in [0, 0.05) is 18.9 Å². The summed E-state index contributed by atoms with van der Waals surface area (Å²) in [5.74, 6) is -0.347. The van der Waals surface area contributed by atoms with Crippen LogP contribution >= 0.6 is 0 Å². The highest BCUT2D eigenvalue weighted by Crippen LogP contribution is 2.46. The molecule has 3 aliphatic rings. The minimum Gasteiger partial charge on any atom is -0.402 e. The van der Waals surface area contributed by atoms with Crippen molar-refractivity contribution >= 4 is 18.7 Å². The molecule has 5 unspecified atom stereocenters. The van der Waals surface area contributed by atoms with Crippen LogP contribution in [0.2, 0.25) is 5.04 Å². The first-order chi connectivity index (χ1) is 15.2. The van der Waals surface area contributed by atoms with E-state index in [1.54, 1.807) is 0 Å². The van der Waals surface area contributed by atoms with Crippen molar-refractivity contribution in [3.05, 3.63) is 60.7 Å². The summed E-state index contributed by atoms with van der Waals surface area (Å²) in [6.45, 7) is 11.7. The lowest BCUT2D eigenvalue weighted by Gasteiger charge is -2.48. The van der Waals surface area contributed by atoms with Gasteiger partial charge >= 0.3 is 0 Å². The van der Waals surface area contributed by atoms with Crippen LogP contribution in [0.4, 0.5) is 0 Å². The molecular weight excluding hydrogens is 418 g/mol. The molecule has 1 N–H and O–H groups in total. The molecule has 32 heavy (non-hydrogen) atoms. The SMILES string of the molecule is CC1(C)OC2C(O[Si](c3ccccc3)(c3ccccc3)C(C)(C)C)CC3ONCC3C2O1. The number of hydrogen-bond acceptors (Lipinski definition) is 5. The zero-order valence-corrected chi connectivity index (χ0v) is 20.7. The zero-order chi connectivity index (χ0) is 22.6. The fraction of sp³-hybridized carbons (Fsp3) is 0.538. The van der Waals surface area contributed by atoms with Gasteiger partial charge in [-0.25, -0.2) is 5.48 Å². The normalized spacial score (nSPS) is 31.8. The Bertz CT molecular complexity index is 890. The summed E-state index contributed by atoms with van der Waals surface area (Å²) < 4.78 is 20.4. The number of hydroxylamine groups is 1. The average molecular weight is 454 g/mol. The third-order valence-electron chi connectivity index (χ3n) is 7.19. The van der Waals surface area contributed by atoms with Crippen LogP contribution in [0, 0.1) is 5.92 Å². The van der Waals surface area contributed by atoms with Crippen molar-refractivity contribution in [2.75, 3.05) is 6.54 Å². The van der Waals surface area contributed by atoms with E-state index in [2.05, 4.69) is 86.9 Å². The first-order valence-electron chi connectivity index (χ1n) is 11.7. The molecule has 2 aromatic rings. The summed E-state index contributed by atoms with van der Waals surface area (Å²) in [6, 6.07) is 21.6. The van der Waals surface area contributed by atoms with Crippen molar-refractivity contribution in [3.8, 4) is 0 Å². The molecule has 1 aliphatic carbocycles. The molecule has 2 saturated heterocycles. The molecular formula is C26H35NO4Si. The van der Waals surface area contributed by atoms with Crippen molar-refractivity contribution in [1.29, 1.82) is 0 Å². The Morgan fingerprint density at radius 3 is 2.03 bits per heavy atom. The van der Waals surface area contributed by atoms with Crippen LogP contribution in [0.1, 0.15) is 41.0 Å². The smallest absolute Gasteiger partial charge is 0.261 e. The number of benzene rings is 2. The molecule has 0 amide bonds. The van der Waals surface area contributed by atoms with Crippen LogP contribution < -0.4 is 15.9 Å². The van der Waals surface area contributed by atoms with Crippen molar-refractivity contribution in [3.63, 3.8) is 0 Å². The monoisotopic (exact) mass is 453 g/mol. The molecule has 2 aliphatic heterocycles. The molecule has 0 aromatic heterocycles. The van der Waals surface area contributed by atoms with Crippen molar-refractivity contribution in [2.45, 2.75) is 76.3 Å². The first-order valence-corrected chi connectivity index (χ1v) is 13.7. The molecule has 5 rings (SSSR count). The molecule has 2 heterocycles. The van der Waals surface area contributed by atoms with Gasteiger partial charge in [0.15, 0.2) is 5.79 Å². The number of nitrogens with one attached hydrogen (secondary N) is 1. The van der Waals surface area contributed by atoms with Crippen molar-refractivity contribution in [2.24, 2.45) is 5.92 Å². The van der Waals surface area contributed by atoms with Gasteiger partial charge in [-0.05, 0) is 29.3 Å². The summed E-state index contributed by atoms with van der Waals surface area (Å²) in [5.41, 5.74) is 3.10. The summed E-state index contributed by atoms with van der Waals surface area (Å²) in [7, 11) is -2.70. The Hall–Kier alpha value is -1.54. The third kappa shape index (κ3) is 3.67. The topological polar surface area (TPSA) is 49.0 Å². The van der Waals surface area contributed by atoms with Crippen molar-refractivity contribution < 1.29 is 18.7 Å². The van der Waals surface area contributed by atoms with E-state index in [0.717, 1.165) is 13.0 Å². The second-order valence-electron chi connectivity index (χ2n) is 10.8. The van der Waals surface area contributed by atoms with Gasteiger partial charge in [-0.3, -0.25) is 4.84 Å². The quantitative estimate of drug-likeness (QED) is 0.720. The van der Waals surface area contributed by atoms with E-state index in [1.807, 2.05) is 13.8 Å². The van der Waals surface area contributed by atoms with Crippen molar-refractivity contribution in [1.82, 2.24) is 5.48 Å². The third-order valence-corrected chi connectivity index (χ3v) is 12.3. The Labute approximate surface area is 192 Å². The zero-order valence-electron chi connectivity index (χ0n) is 19.7.